The maximum absolute atomic E-state index is 10.9. The Labute approximate surface area is 224 Å². The summed E-state index contributed by atoms with van der Waals surface area (Å²) in [5.74, 6) is 2.38. The molecule has 0 saturated carbocycles. The predicted octanol–water partition coefficient (Wildman–Crippen LogP) is 5.16. The number of hydrogen-bond donors (Lipinski definition) is 2. The van der Waals surface area contributed by atoms with Gasteiger partial charge in [-0.05, 0) is 67.2 Å². The van der Waals surface area contributed by atoms with Crippen molar-refractivity contribution in [3.05, 3.63) is 42.0 Å². The summed E-state index contributed by atoms with van der Waals surface area (Å²) in [7, 11) is 1.66. The fraction of sp³-hybridized carbons (Fsp3) is 0.714. The topological polar surface area (TPSA) is 77.4 Å². The van der Waals surface area contributed by atoms with Gasteiger partial charge in [0.1, 0.15) is 5.75 Å². The van der Waals surface area contributed by atoms with Crippen LogP contribution in [0, 0.1) is 5.92 Å². The molecule has 1 aromatic rings. The molecule has 36 heavy (non-hydrogen) atoms. The van der Waals surface area contributed by atoms with Gasteiger partial charge in [-0.1, -0.05) is 31.2 Å². The Balaban J connectivity index is 1.38. The zero-order valence-corrected chi connectivity index (χ0v) is 23.3. The van der Waals surface area contributed by atoms with Crippen molar-refractivity contribution in [2.45, 2.75) is 86.7 Å². The molecule has 3 fully saturated rings. The number of methoxy groups -OCH3 is 1. The van der Waals surface area contributed by atoms with Crippen LogP contribution in [0.25, 0.3) is 0 Å². The number of thioether (sulfide) groups is 2. The zero-order valence-electron chi connectivity index (χ0n) is 21.7. The molecule has 202 valence electrons. The molecule has 6 nitrogen and oxygen atoms in total. The second-order valence-corrected chi connectivity index (χ2v) is 13.7. The molecule has 2 N–H and O–H groups in total. The third-order valence-corrected chi connectivity index (χ3v) is 10.8. The predicted molar refractivity (Wildman–Crippen MR) is 146 cm³/mol. The van der Waals surface area contributed by atoms with E-state index in [0.29, 0.717) is 38.9 Å². The van der Waals surface area contributed by atoms with Gasteiger partial charge in [0.05, 0.1) is 36.1 Å². The van der Waals surface area contributed by atoms with E-state index in [1.807, 2.05) is 54.7 Å². The third-order valence-electron chi connectivity index (χ3n) is 7.41. The van der Waals surface area contributed by atoms with Gasteiger partial charge in [0.25, 0.3) is 0 Å². The molecule has 4 rings (SSSR count). The number of rotatable bonds is 10. The first-order chi connectivity index (χ1) is 17.3. The highest BCUT2D eigenvalue weighted by Gasteiger charge is 2.54. The van der Waals surface area contributed by atoms with E-state index < -0.39 is 11.9 Å². The summed E-state index contributed by atoms with van der Waals surface area (Å²) >= 11 is 4.06. The van der Waals surface area contributed by atoms with Gasteiger partial charge in [-0.2, -0.15) is 0 Å². The first kappa shape index (κ1) is 28.3. The van der Waals surface area contributed by atoms with Gasteiger partial charge in [0, 0.05) is 26.1 Å². The molecule has 0 aromatic heterocycles. The molecule has 1 aromatic carbocycles. The summed E-state index contributed by atoms with van der Waals surface area (Å²) in [5.41, 5.74) is 2.11. The van der Waals surface area contributed by atoms with Crippen LogP contribution in [0.2, 0.25) is 0 Å². The largest absolute Gasteiger partial charge is 0.497 e. The average Bonchev–Trinajstić information content (AvgIpc) is 2.86. The van der Waals surface area contributed by atoms with Crippen molar-refractivity contribution in [1.29, 1.82) is 0 Å². The smallest absolute Gasteiger partial charge is 0.173 e. The second-order valence-electron chi connectivity index (χ2n) is 10.5. The number of benzene rings is 1. The van der Waals surface area contributed by atoms with Gasteiger partial charge in [-0.3, -0.25) is 0 Å². The molecule has 3 aliphatic rings. The Morgan fingerprint density at radius 1 is 1.17 bits per heavy atom. The van der Waals surface area contributed by atoms with Gasteiger partial charge in [-0.25, -0.2) is 0 Å². The Morgan fingerprint density at radius 2 is 1.89 bits per heavy atom. The number of ether oxygens (including phenoxy) is 4. The van der Waals surface area contributed by atoms with Gasteiger partial charge >= 0.3 is 0 Å². The summed E-state index contributed by atoms with van der Waals surface area (Å²) in [4.78, 5) is 0. The number of aliphatic hydroxyl groups excluding tert-OH is 2. The fourth-order valence-corrected chi connectivity index (χ4v) is 9.02. The van der Waals surface area contributed by atoms with E-state index in [9.17, 15) is 10.2 Å². The SMILES string of the molecule is C=C(C[C@H]1CC2(C[C@@]3(C[C@@H](O)C[C@H](CCOCc4ccc(OC)cc4)O3)O1)SCCCS2)[C@@H](C)CO. The van der Waals surface area contributed by atoms with Crippen LogP contribution in [0.4, 0.5) is 0 Å². The molecular formula is C28H42O6S2. The van der Waals surface area contributed by atoms with Crippen LogP contribution < -0.4 is 4.74 Å². The van der Waals surface area contributed by atoms with E-state index in [2.05, 4.69) is 6.58 Å². The summed E-state index contributed by atoms with van der Waals surface area (Å²) < 4.78 is 24.6. The number of aliphatic hydroxyl groups is 2. The Hall–Kier alpha value is -0.740. The minimum Gasteiger partial charge on any atom is -0.497 e. The van der Waals surface area contributed by atoms with Crippen LogP contribution in [-0.2, 0) is 20.8 Å². The lowest BCUT2D eigenvalue weighted by molar-refractivity contribution is -0.328. The lowest BCUT2D eigenvalue weighted by Gasteiger charge is -2.54. The van der Waals surface area contributed by atoms with Gasteiger partial charge in [0.15, 0.2) is 5.79 Å². The monoisotopic (exact) mass is 538 g/mol. The van der Waals surface area contributed by atoms with Gasteiger partial charge < -0.3 is 29.2 Å². The Kier molecular flexibility index (Phi) is 10.1. The van der Waals surface area contributed by atoms with Gasteiger partial charge in [0.2, 0.25) is 0 Å². The quantitative estimate of drug-likeness (QED) is 0.313. The van der Waals surface area contributed by atoms with Crippen LogP contribution >= 0.6 is 23.5 Å². The van der Waals surface area contributed by atoms with E-state index >= 15 is 0 Å². The molecule has 3 aliphatic heterocycles. The summed E-state index contributed by atoms with van der Waals surface area (Å²) in [6, 6.07) is 7.89. The van der Waals surface area contributed by atoms with Crippen molar-refractivity contribution in [2.75, 3.05) is 31.8 Å². The highest BCUT2D eigenvalue weighted by atomic mass is 32.2. The normalized spacial score (nSPS) is 30.8. The first-order valence-electron chi connectivity index (χ1n) is 13.1. The Bertz CT molecular complexity index is 843. The third kappa shape index (κ3) is 7.43. The molecular weight excluding hydrogens is 496 g/mol. The lowest BCUT2D eigenvalue weighted by Crippen LogP contribution is -2.57. The molecule has 0 radical (unpaired) electrons. The van der Waals surface area contributed by atoms with Crippen molar-refractivity contribution >= 4 is 23.5 Å². The van der Waals surface area contributed by atoms with Crippen LogP contribution in [-0.4, -0.2) is 70.2 Å². The van der Waals surface area contributed by atoms with Crippen molar-refractivity contribution in [2.24, 2.45) is 5.92 Å². The summed E-state index contributed by atoms with van der Waals surface area (Å²) in [6.45, 7) is 7.42. The maximum Gasteiger partial charge on any atom is 0.173 e. The van der Waals surface area contributed by atoms with E-state index in [1.54, 1.807) is 7.11 Å². The van der Waals surface area contributed by atoms with Gasteiger partial charge in [-0.15, -0.1) is 23.5 Å². The standard InChI is InChI=1S/C28H42O6S2/c1-20(21(2)17-29)13-26-16-28(35-11-4-12-36-28)19-27(34-26)15-23(30)14-25(33-27)9-10-32-18-22-5-7-24(31-3)8-6-22/h5-8,21,23,25-26,29-30H,1,4,9-19H2,2-3H3/t21-,23-,25-,26-,27+/m0/s1. The molecule has 5 atom stereocenters. The van der Waals surface area contributed by atoms with E-state index in [0.717, 1.165) is 41.2 Å². The molecule has 8 heteroatoms. The highest BCUT2D eigenvalue weighted by molar-refractivity contribution is 8.18. The second kappa shape index (κ2) is 12.9. The van der Waals surface area contributed by atoms with Crippen molar-refractivity contribution in [3.8, 4) is 5.75 Å². The molecule has 3 heterocycles. The lowest BCUT2D eigenvalue weighted by atomic mass is 9.87. The number of hydrogen-bond acceptors (Lipinski definition) is 8. The summed E-state index contributed by atoms with van der Waals surface area (Å²) in [6.07, 6.45) is 4.87. The van der Waals surface area contributed by atoms with E-state index in [1.165, 1.54) is 6.42 Å². The van der Waals surface area contributed by atoms with Crippen LogP contribution in [0.1, 0.15) is 57.4 Å². The van der Waals surface area contributed by atoms with Crippen molar-refractivity contribution in [1.82, 2.24) is 0 Å². The Morgan fingerprint density at radius 3 is 2.58 bits per heavy atom. The van der Waals surface area contributed by atoms with Crippen LogP contribution in [0.3, 0.4) is 0 Å². The molecule has 0 unspecified atom stereocenters. The van der Waals surface area contributed by atoms with Crippen molar-refractivity contribution in [3.63, 3.8) is 0 Å². The minimum absolute atomic E-state index is 0.0318. The average molecular weight is 539 g/mol. The van der Waals surface area contributed by atoms with Crippen LogP contribution in [0.5, 0.6) is 5.75 Å². The fourth-order valence-electron chi connectivity index (χ4n) is 5.43. The molecule has 2 spiro atoms. The molecule has 3 saturated heterocycles. The molecule has 0 amide bonds. The van der Waals surface area contributed by atoms with Crippen LogP contribution in [0.15, 0.2) is 36.4 Å². The van der Waals surface area contributed by atoms with E-state index in [4.69, 9.17) is 18.9 Å². The first-order valence-corrected chi connectivity index (χ1v) is 15.1. The van der Waals surface area contributed by atoms with Crippen molar-refractivity contribution < 1.29 is 29.2 Å². The maximum atomic E-state index is 10.9. The summed E-state index contributed by atoms with van der Waals surface area (Å²) in [5, 5.41) is 20.5. The highest BCUT2D eigenvalue weighted by Crippen LogP contribution is 2.57. The minimum atomic E-state index is -0.790. The van der Waals surface area contributed by atoms with E-state index in [-0.39, 0.29) is 28.8 Å². The molecule has 0 bridgehead atoms. The molecule has 0 aliphatic carbocycles. The zero-order chi connectivity index (χ0) is 25.6.